The van der Waals surface area contributed by atoms with Crippen LogP contribution in [-0.4, -0.2) is 27.0 Å². The molecule has 0 aliphatic heterocycles. The van der Waals surface area contributed by atoms with Gasteiger partial charge in [0.1, 0.15) is 17.7 Å². The Bertz CT molecular complexity index is 1400. The molecule has 1 unspecified atom stereocenters. The van der Waals surface area contributed by atoms with Crippen molar-refractivity contribution in [1.82, 2.24) is 9.78 Å². The first kappa shape index (κ1) is 21.9. The number of aliphatic carboxylic acids is 1. The predicted octanol–water partition coefficient (Wildman–Crippen LogP) is 5.01. The zero-order valence-corrected chi connectivity index (χ0v) is 18.9. The SMILES string of the molecule is CCn1ncc2cc(-c3cc(CCC(=O)O)cc(N)c3OC3Cc4ccc(F)cc4C3)ccc21. The topological polar surface area (TPSA) is 90.4 Å². The van der Waals surface area contributed by atoms with Gasteiger partial charge >= 0.3 is 5.97 Å². The van der Waals surface area contributed by atoms with Crippen LogP contribution in [0.3, 0.4) is 0 Å². The lowest BCUT2D eigenvalue weighted by Crippen LogP contribution is -2.18. The Hall–Kier alpha value is -3.87. The third-order valence-electron chi connectivity index (χ3n) is 6.41. The number of aryl methyl sites for hydroxylation is 2. The number of carboxylic acids is 1. The minimum absolute atomic E-state index is 0.0187. The molecular weight excluding hydrogens is 433 g/mol. The maximum Gasteiger partial charge on any atom is 0.303 e. The molecule has 0 radical (unpaired) electrons. The van der Waals surface area contributed by atoms with Crippen molar-refractivity contribution in [3.63, 3.8) is 0 Å². The van der Waals surface area contributed by atoms with Crippen LogP contribution in [0.5, 0.6) is 5.75 Å². The number of fused-ring (bicyclic) bond motifs is 2. The van der Waals surface area contributed by atoms with Crippen molar-refractivity contribution in [3.8, 4) is 16.9 Å². The van der Waals surface area contributed by atoms with Gasteiger partial charge in [0.05, 0.1) is 17.4 Å². The zero-order chi connectivity index (χ0) is 23.8. The zero-order valence-electron chi connectivity index (χ0n) is 18.9. The number of aromatic nitrogens is 2. The second-order valence-corrected chi connectivity index (χ2v) is 8.75. The van der Waals surface area contributed by atoms with Crippen molar-refractivity contribution in [3.05, 3.63) is 77.2 Å². The van der Waals surface area contributed by atoms with Crippen LogP contribution in [0.2, 0.25) is 0 Å². The molecule has 174 valence electrons. The van der Waals surface area contributed by atoms with E-state index in [1.54, 1.807) is 12.1 Å². The summed E-state index contributed by atoms with van der Waals surface area (Å²) in [5, 5.41) is 14.6. The van der Waals surface area contributed by atoms with Gasteiger partial charge in [0.25, 0.3) is 0 Å². The van der Waals surface area contributed by atoms with Gasteiger partial charge in [0, 0.05) is 36.8 Å². The molecule has 0 bridgehead atoms. The number of halogens is 1. The van der Waals surface area contributed by atoms with E-state index in [0.29, 0.717) is 30.7 Å². The third kappa shape index (κ3) is 4.21. The van der Waals surface area contributed by atoms with Gasteiger partial charge in [0.15, 0.2) is 0 Å². The number of nitrogen functional groups attached to an aromatic ring is 1. The molecule has 6 nitrogen and oxygen atoms in total. The van der Waals surface area contributed by atoms with Crippen molar-refractivity contribution < 1.29 is 19.0 Å². The summed E-state index contributed by atoms with van der Waals surface area (Å²) < 4.78 is 22.1. The molecule has 1 aromatic heterocycles. The molecule has 0 saturated heterocycles. The van der Waals surface area contributed by atoms with E-state index in [9.17, 15) is 9.18 Å². The summed E-state index contributed by atoms with van der Waals surface area (Å²) in [4.78, 5) is 11.1. The molecule has 5 rings (SSSR count). The highest BCUT2D eigenvalue weighted by molar-refractivity contribution is 5.88. The number of hydrogen-bond donors (Lipinski definition) is 2. The third-order valence-corrected chi connectivity index (χ3v) is 6.41. The maximum absolute atomic E-state index is 13.7. The van der Waals surface area contributed by atoms with Crippen LogP contribution in [-0.2, 0) is 30.6 Å². The molecule has 0 saturated carbocycles. The molecule has 1 aliphatic carbocycles. The van der Waals surface area contributed by atoms with E-state index < -0.39 is 5.97 Å². The molecule has 3 aromatic carbocycles. The van der Waals surface area contributed by atoms with Crippen LogP contribution < -0.4 is 10.5 Å². The fraction of sp³-hybridized carbons (Fsp3) is 0.259. The summed E-state index contributed by atoms with van der Waals surface area (Å²) in [5.41, 5.74) is 12.6. The van der Waals surface area contributed by atoms with E-state index in [0.717, 1.165) is 45.3 Å². The van der Waals surface area contributed by atoms with Crippen molar-refractivity contribution in [2.24, 2.45) is 0 Å². The summed E-state index contributed by atoms with van der Waals surface area (Å²) >= 11 is 0. The number of rotatable bonds is 7. The molecule has 0 spiro atoms. The fourth-order valence-electron chi connectivity index (χ4n) is 4.76. The molecule has 7 heteroatoms. The monoisotopic (exact) mass is 459 g/mol. The lowest BCUT2D eigenvalue weighted by atomic mass is 9.97. The van der Waals surface area contributed by atoms with Crippen LogP contribution in [0.25, 0.3) is 22.0 Å². The standard InChI is InChI=1S/C27H26FN3O3/c1-2-31-25-7-5-18(11-20(25)15-30-31)23-9-16(3-8-26(32)33)10-24(29)27(23)34-22-13-17-4-6-21(28)12-19(17)14-22/h4-7,9-12,15,22H,2-3,8,13-14,29H2,1H3,(H,32,33). The highest BCUT2D eigenvalue weighted by Crippen LogP contribution is 2.40. The minimum Gasteiger partial charge on any atom is -0.487 e. The lowest BCUT2D eigenvalue weighted by Gasteiger charge is -2.20. The van der Waals surface area contributed by atoms with E-state index in [1.165, 1.54) is 6.07 Å². The number of anilines is 1. The van der Waals surface area contributed by atoms with Crippen LogP contribution in [0, 0.1) is 5.82 Å². The minimum atomic E-state index is -0.857. The fourth-order valence-corrected chi connectivity index (χ4v) is 4.76. The van der Waals surface area contributed by atoms with Gasteiger partial charge in [-0.1, -0.05) is 12.1 Å². The summed E-state index contributed by atoms with van der Waals surface area (Å²) in [6.07, 6.45) is 3.35. The Morgan fingerprint density at radius 2 is 2.00 bits per heavy atom. The van der Waals surface area contributed by atoms with Crippen molar-refractivity contribution in [2.45, 2.75) is 45.3 Å². The van der Waals surface area contributed by atoms with Crippen LogP contribution in [0.4, 0.5) is 10.1 Å². The Morgan fingerprint density at radius 3 is 2.79 bits per heavy atom. The van der Waals surface area contributed by atoms with Gasteiger partial charge in [-0.25, -0.2) is 4.39 Å². The van der Waals surface area contributed by atoms with E-state index >= 15 is 0 Å². The van der Waals surface area contributed by atoms with Gasteiger partial charge in [-0.05, 0) is 72.0 Å². The van der Waals surface area contributed by atoms with Crippen molar-refractivity contribution in [2.75, 3.05) is 5.73 Å². The quantitative estimate of drug-likeness (QED) is 0.379. The van der Waals surface area contributed by atoms with Gasteiger partial charge in [0.2, 0.25) is 0 Å². The second kappa shape index (κ2) is 8.82. The number of carbonyl (C=O) groups is 1. The molecule has 1 heterocycles. The molecule has 3 N–H and O–H groups in total. The van der Waals surface area contributed by atoms with Gasteiger partial charge < -0.3 is 15.6 Å². The smallest absolute Gasteiger partial charge is 0.303 e. The molecule has 1 aliphatic rings. The van der Waals surface area contributed by atoms with Gasteiger partial charge in [-0.3, -0.25) is 9.48 Å². The van der Waals surface area contributed by atoms with Crippen LogP contribution >= 0.6 is 0 Å². The van der Waals surface area contributed by atoms with E-state index in [1.807, 2.05) is 42.1 Å². The number of nitrogens with two attached hydrogens (primary N) is 1. The van der Waals surface area contributed by atoms with Gasteiger partial charge in [-0.2, -0.15) is 5.10 Å². The molecule has 0 fully saturated rings. The molecule has 34 heavy (non-hydrogen) atoms. The van der Waals surface area contributed by atoms with Crippen molar-refractivity contribution >= 4 is 22.6 Å². The largest absolute Gasteiger partial charge is 0.487 e. The summed E-state index contributed by atoms with van der Waals surface area (Å²) in [7, 11) is 0. The van der Waals surface area contributed by atoms with E-state index in [-0.39, 0.29) is 18.3 Å². The second-order valence-electron chi connectivity index (χ2n) is 8.75. The summed E-state index contributed by atoms with van der Waals surface area (Å²) in [6.45, 7) is 2.82. The first-order valence-corrected chi connectivity index (χ1v) is 11.5. The summed E-state index contributed by atoms with van der Waals surface area (Å²) in [6, 6.07) is 14.7. The highest BCUT2D eigenvalue weighted by Gasteiger charge is 2.26. The highest BCUT2D eigenvalue weighted by atomic mass is 19.1. The molecule has 4 aromatic rings. The Balaban J connectivity index is 1.53. The Labute approximate surface area is 196 Å². The average Bonchev–Trinajstić information content (AvgIpc) is 3.41. The number of nitrogens with zero attached hydrogens (tertiary/aromatic N) is 2. The van der Waals surface area contributed by atoms with Crippen LogP contribution in [0.15, 0.2) is 54.7 Å². The summed E-state index contributed by atoms with van der Waals surface area (Å²) in [5.74, 6) is -0.535. The number of carboxylic acid groups (broad SMARTS) is 1. The Kier molecular flexibility index (Phi) is 5.69. The molecule has 0 amide bonds. The number of hydrogen-bond acceptors (Lipinski definition) is 4. The number of ether oxygens (including phenoxy) is 1. The van der Waals surface area contributed by atoms with Gasteiger partial charge in [-0.15, -0.1) is 0 Å². The number of benzene rings is 3. The van der Waals surface area contributed by atoms with Crippen molar-refractivity contribution in [1.29, 1.82) is 0 Å². The Morgan fingerprint density at radius 1 is 1.18 bits per heavy atom. The normalized spacial score (nSPS) is 14.9. The average molecular weight is 460 g/mol. The van der Waals surface area contributed by atoms with E-state index in [4.69, 9.17) is 15.6 Å². The maximum atomic E-state index is 13.7. The van der Waals surface area contributed by atoms with Crippen LogP contribution in [0.1, 0.15) is 30.0 Å². The molecule has 1 atom stereocenters. The van der Waals surface area contributed by atoms with E-state index in [2.05, 4.69) is 11.2 Å². The molecular formula is C27H26FN3O3. The predicted molar refractivity (Wildman–Crippen MR) is 129 cm³/mol. The lowest BCUT2D eigenvalue weighted by molar-refractivity contribution is -0.136. The first-order valence-electron chi connectivity index (χ1n) is 11.5. The first-order chi connectivity index (χ1) is 16.4.